The summed E-state index contributed by atoms with van der Waals surface area (Å²) in [5, 5.41) is 8.54. The maximum absolute atomic E-state index is 12.7. The van der Waals surface area contributed by atoms with Crippen molar-refractivity contribution < 1.29 is 41.0 Å². The van der Waals surface area contributed by atoms with Crippen LogP contribution in [0.15, 0.2) is 6.07 Å². The first-order valence-electron chi connectivity index (χ1n) is 4.09. The molecule has 1 rings (SSSR count). The number of hydrogen-bond acceptors (Lipinski definition) is 3. The van der Waals surface area contributed by atoms with Crippen LogP contribution in [0.2, 0.25) is 0 Å². The van der Waals surface area contributed by atoms with Crippen LogP contribution in [0.1, 0.15) is 22.3 Å². The molecular weight excluding hydrogens is 272 g/mol. The second kappa shape index (κ2) is 4.70. The molecule has 0 saturated carbocycles. The van der Waals surface area contributed by atoms with Crippen LogP contribution in [0.25, 0.3) is 0 Å². The van der Waals surface area contributed by atoms with Gasteiger partial charge in [0.2, 0.25) is 11.8 Å². The second-order valence-electron chi connectivity index (χ2n) is 2.87. The summed E-state index contributed by atoms with van der Waals surface area (Å²) in [6, 6.07) is 0.0252. The Hall–Kier alpha value is -2.00. The Morgan fingerprint density at radius 2 is 1.94 bits per heavy atom. The fourth-order valence-electron chi connectivity index (χ4n) is 1.08. The van der Waals surface area contributed by atoms with Crippen LogP contribution in [0, 0.1) is 5.95 Å². The fraction of sp³-hybridized carbons (Fsp3) is 0.250. The third-order valence-electron chi connectivity index (χ3n) is 1.65. The zero-order valence-corrected chi connectivity index (χ0v) is 8.13. The van der Waals surface area contributed by atoms with Gasteiger partial charge in [0.15, 0.2) is 0 Å². The average Bonchev–Trinajstić information content (AvgIpc) is 2.12. The van der Waals surface area contributed by atoms with Crippen molar-refractivity contribution in [1.29, 1.82) is 0 Å². The predicted molar refractivity (Wildman–Crippen MR) is 42.8 cm³/mol. The molecule has 1 aromatic heterocycles. The zero-order valence-electron chi connectivity index (χ0n) is 8.13. The minimum absolute atomic E-state index is 0.0252. The van der Waals surface area contributed by atoms with E-state index in [2.05, 4.69) is 9.72 Å². The van der Waals surface area contributed by atoms with Gasteiger partial charge in [-0.15, -0.1) is 13.2 Å². The van der Waals surface area contributed by atoms with Crippen molar-refractivity contribution in [2.45, 2.75) is 12.8 Å². The summed E-state index contributed by atoms with van der Waals surface area (Å²) in [6.45, 7) is 0. The lowest BCUT2D eigenvalue weighted by atomic mass is 10.1. The number of carboxylic acid groups (broad SMARTS) is 1. The maximum atomic E-state index is 12.7. The third-order valence-corrected chi connectivity index (χ3v) is 1.65. The molecule has 0 saturated heterocycles. The summed E-state index contributed by atoms with van der Waals surface area (Å²) in [6.07, 6.45) is -8.88. The molecule has 0 atom stereocenters. The van der Waals surface area contributed by atoms with E-state index in [1.165, 1.54) is 0 Å². The minimum Gasteiger partial charge on any atom is -0.477 e. The Bertz CT molecular complexity index is 473. The fourth-order valence-corrected chi connectivity index (χ4v) is 1.08. The van der Waals surface area contributed by atoms with E-state index in [9.17, 15) is 31.1 Å². The van der Waals surface area contributed by atoms with Gasteiger partial charge in [0.05, 0.1) is 0 Å². The smallest absolute Gasteiger partial charge is 0.477 e. The highest BCUT2D eigenvalue weighted by atomic mass is 19.4. The molecule has 10 heteroatoms. The molecule has 0 unspecified atom stereocenters. The highest BCUT2D eigenvalue weighted by molar-refractivity contribution is 5.92. The number of aromatic carboxylic acids is 1. The van der Waals surface area contributed by atoms with E-state index in [1.54, 1.807) is 0 Å². The Balaban J connectivity index is 3.44. The van der Waals surface area contributed by atoms with Crippen molar-refractivity contribution in [2.75, 3.05) is 0 Å². The first-order valence-corrected chi connectivity index (χ1v) is 4.09. The normalized spacial score (nSPS) is 11.7. The highest BCUT2D eigenvalue weighted by Crippen LogP contribution is 2.32. The van der Waals surface area contributed by atoms with E-state index in [0.717, 1.165) is 0 Å². The number of carbonyl (C=O) groups is 1. The number of hydrogen-bond donors (Lipinski definition) is 1. The Labute approximate surface area is 94.8 Å². The second-order valence-corrected chi connectivity index (χ2v) is 2.87. The lowest BCUT2D eigenvalue weighted by molar-refractivity contribution is -0.276. The van der Waals surface area contributed by atoms with Crippen LogP contribution >= 0.6 is 0 Å². The van der Waals surface area contributed by atoms with Crippen LogP contribution in [0.4, 0.5) is 26.3 Å². The lowest BCUT2D eigenvalue weighted by Crippen LogP contribution is -2.21. The van der Waals surface area contributed by atoms with E-state index in [1.807, 2.05) is 0 Å². The summed E-state index contributed by atoms with van der Waals surface area (Å²) in [5.41, 5.74) is -2.99. The van der Waals surface area contributed by atoms with Crippen LogP contribution in [-0.4, -0.2) is 22.4 Å². The molecule has 0 aliphatic heterocycles. The minimum atomic E-state index is -5.38. The SMILES string of the molecule is O=C(O)c1c(C(F)F)cc(F)nc1OC(F)(F)F. The number of alkyl halides is 5. The van der Waals surface area contributed by atoms with Crippen molar-refractivity contribution in [3.8, 4) is 5.88 Å². The van der Waals surface area contributed by atoms with Crippen molar-refractivity contribution in [2.24, 2.45) is 0 Å². The Morgan fingerprint density at radius 3 is 2.33 bits per heavy atom. The van der Waals surface area contributed by atoms with E-state index in [-0.39, 0.29) is 6.07 Å². The zero-order chi connectivity index (χ0) is 14.1. The summed E-state index contributed by atoms with van der Waals surface area (Å²) >= 11 is 0. The van der Waals surface area contributed by atoms with Crippen molar-refractivity contribution in [3.63, 3.8) is 0 Å². The monoisotopic (exact) mass is 275 g/mol. The van der Waals surface area contributed by atoms with Crippen molar-refractivity contribution in [3.05, 3.63) is 23.1 Å². The van der Waals surface area contributed by atoms with E-state index >= 15 is 0 Å². The number of ether oxygens (including phenoxy) is 1. The highest BCUT2D eigenvalue weighted by Gasteiger charge is 2.36. The van der Waals surface area contributed by atoms with Gasteiger partial charge in [-0.25, -0.2) is 13.6 Å². The number of rotatable bonds is 3. The molecule has 0 radical (unpaired) electrons. The number of carboxylic acids is 1. The Kier molecular flexibility index (Phi) is 3.67. The first-order chi connectivity index (χ1) is 8.11. The molecule has 1 heterocycles. The molecule has 1 N–H and O–H groups in total. The van der Waals surface area contributed by atoms with Gasteiger partial charge in [-0.3, -0.25) is 0 Å². The molecule has 0 bridgehead atoms. The average molecular weight is 275 g/mol. The summed E-state index contributed by atoms with van der Waals surface area (Å²) in [5.74, 6) is -5.63. The quantitative estimate of drug-likeness (QED) is 0.680. The van der Waals surface area contributed by atoms with Gasteiger partial charge < -0.3 is 9.84 Å². The molecule has 4 nitrogen and oxygen atoms in total. The van der Waals surface area contributed by atoms with Crippen LogP contribution < -0.4 is 4.74 Å². The van der Waals surface area contributed by atoms with Gasteiger partial charge in [-0.05, 0) is 0 Å². The molecule has 0 aliphatic rings. The number of halogens is 6. The molecule has 0 amide bonds. The van der Waals surface area contributed by atoms with E-state index in [4.69, 9.17) is 5.11 Å². The summed E-state index contributed by atoms with van der Waals surface area (Å²) < 4.78 is 76.2. The molecule has 18 heavy (non-hydrogen) atoms. The van der Waals surface area contributed by atoms with Crippen LogP contribution in [-0.2, 0) is 0 Å². The number of aromatic nitrogens is 1. The molecule has 1 aromatic rings. The van der Waals surface area contributed by atoms with E-state index in [0.29, 0.717) is 0 Å². The van der Waals surface area contributed by atoms with Gasteiger partial charge in [-0.1, -0.05) is 0 Å². The summed E-state index contributed by atoms with van der Waals surface area (Å²) in [7, 11) is 0. The van der Waals surface area contributed by atoms with Gasteiger partial charge in [0.25, 0.3) is 6.43 Å². The van der Waals surface area contributed by atoms with Gasteiger partial charge in [-0.2, -0.15) is 9.37 Å². The topological polar surface area (TPSA) is 59.4 Å². The molecule has 0 fully saturated rings. The largest absolute Gasteiger partial charge is 0.574 e. The van der Waals surface area contributed by atoms with Crippen molar-refractivity contribution >= 4 is 5.97 Å². The predicted octanol–water partition coefficient (Wildman–Crippen LogP) is 2.76. The molecule has 0 aromatic carbocycles. The van der Waals surface area contributed by atoms with Crippen molar-refractivity contribution in [1.82, 2.24) is 4.98 Å². The first kappa shape index (κ1) is 14.1. The van der Waals surface area contributed by atoms with E-state index < -0.39 is 41.7 Å². The maximum Gasteiger partial charge on any atom is 0.574 e. The molecule has 100 valence electrons. The lowest BCUT2D eigenvalue weighted by Gasteiger charge is -2.12. The third kappa shape index (κ3) is 3.25. The standard InChI is InChI=1S/C8H3F6NO3/c9-3-1-2(5(10)11)4(7(16)17)6(15-3)18-8(12,13)14/h1,5H,(H,16,17). The van der Waals surface area contributed by atoms with Gasteiger partial charge in [0.1, 0.15) is 5.56 Å². The molecule has 0 aliphatic carbocycles. The summed E-state index contributed by atoms with van der Waals surface area (Å²) in [4.78, 5) is 13.1. The molecule has 0 spiro atoms. The van der Waals surface area contributed by atoms with Crippen LogP contribution in [0.5, 0.6) is 5.88 Å². The number of pyridine rings is 1. The Morgan fingerprint density at radius 1 is 1.39 bits per heavy atom. The van der Waals surface area contributed by atoms with Gasteiger partial charge >= 0.3 is 12.3 Å². The molecular formula is C8H3F6NO3. The number of nitrogens with zero attached hydrogens (tertiary/aromatic N) is 1. The van der Waals surface area contributed by atoms with Gasteiger partial charge in [0, 0.05) is 11.6 Å². The van der Waals surface area contributed by atoms with Crippen LogP contribution in [0.3, 0.4) is 0 Å².